The molecular formula is C15H31N9. The van der Waals surface area contributed by atoms with Crippen molar-refractivity contribution in [2.75, 3.05) is 48.3 Å². The lowest BCUT2D eigenvalue weighted by Gasteiger charge is -2.19. The van der Waals surface area contributed by atoms with Gasteiger partial charge in [-0.2, -0.15) is 15.0 Å². The van der Waals surface area contributed by atoms with E-state index in [4.69, 9.17) is 11.5 Å². The Hall–Kier alpha value is -2.32. The number of nitrogens with zero attached hydrogens (tertiary/aromatic N) is 5. The van der Waals surface area contributed by atoms with Gasteiger partial charge in [0.15, 0.2) is 5.96 Å². The number of aromatic nitrogens is 3. The van der Waals surface area contributed by atoms with Crippen molar-refractivity contribution in [2.24, 2.45) is 16.5 Å². The number of guanidine groups is 1. The van der Waals surface area contributed by atoms with Crippen molar-refractivity contribution in [3.05, 3.63) is 0 Å². The third-order valence-electron chi connectivity index (χ3n) is 3.40. The Morgan fingerprint density at radius 1 is 0.958 bits per heavy atom. The van der Waals surface area contributed by atoms with E-state index in [0.717, 1.165) is 38.9 Å². The summed E-state index contributed by atoms with van der Waals surface area (Å²) in [6.45, 7) is 10.1. The largest absolute Gasteiger partial charge is 0.370 e. The molecule has 0 bridgehead atoms. The molecule has 136 valence electrons. The molecule has 24 heavy (non-hydrogen) atoms. The fourth-order valence-electron chi connectivity index (χ4n) is 2.04. The number of anilines is 3. The Labute approximate surface area is 144 Å². The van der Waals surface area contributed by atoms with Crippen LogP contribution >= 0.6 is 0 Å². The van der Waals surface area contributed by atoms with E-state index >= 15 is 0 Å². The Morgan fingerprint density at radius 2 is 1.54 bits per heavy atom. The smallest absolute Gasteiger partial charge is 0.231 e. The minimum Gasteiger partial charge on any atom is -0.370 e. The molecule has 0 saturated carbocycles. The molecular weight excluding hydrogens is 306 g/mol. The van der Waals surface area contributed by atoms with Crippen LogP contribution in [0.25, 0.3) is 0 Å². The topological polar surface area (TPSA) is 130 Å². The first-order valence-corrected chi connectivity index (χ1v) is 8.64. The molecule has 1 aromatic heterocycles. The van der Waals surface area contributed by atoms with Crippen LogP contribution in [0.2, 0.25) is 0 Å². The SMILES string of the molecule is CCCCNc1nc(NCCCN=C(N)N)nc(N(CC)CC)n1. The van der Waals surface area contributed by atoms with Crippen molar-refractivity contribution in [2.45, 2.75) is 40.0 Å². The molecule has 0 fully saturated rings. The summed E-state index contributed by atoms with van der Waals surface area (Å²) in [4.78, 5) is 19.5. The van der Waals surface area contributed by atoms with E-state index in [1.54, 1.807) is 0 Å². The van der Waals surface area contributed by atoms with Crippen LogP contribution in [-0.4, -0.2) is 53.6 Å². The Balaban J connectivity index is 2.74. The minimum absolute atomic E-state index is 0.112. The van der Waals surface area contributed by atoms with Gasteiger partial charge < -0.3 is 27.0 Å². The first kappa shape index (κ1) is 19.7. The molecule has 0 radical (unpaired) electrons. The number of hydrogen-bond acceptors (Lipinski definition) is 7. The Morgan fingerprint density at radius 3 is 2.04 bits per heavy atom. The van der Waals surface area contributed by atoms with Gasteiger partial charge in [0.1, 0.15) is 0 Å². The number of hydrogen-bond donors (Lipinski definition) is 4. The molecule has 6 N–H and O–H groups in total. The van der Waals surface area contributed by atoms with Crippen molar-refractivity contribution in [1.82, 2.24) is 15.0 Å². The first-order valence-electron chi connectivity index (χ1n) is 8.64. The average Bonchev–Trinajstić information content (AvgIpc) is 2.55. The van der Waals surface area contributed by atoms with Crippen LogP contribution < -0.4 is 27.0 Å². The quantitative estimate of drug-likeness (QED) is 0.252. The van der Waals surface area contributed by atoms with Gasteiger partial charge >= 0.3 is 0 Å². The van der Waals surface area contributed by atoms with Crippen LogP contribution in [0.15, 0.2) is 4.99 Å². The lowest BCUT2D eigenvalue weighted by atomic mass is 10.3. The summed E-state index contributed by atoms with van der Waals surface area (Å²) in [6.07, 6.45) is 2.99. The molecule has 1 rings (SSSR count). The standard InChI is InChI=1S/C15H31N9/c1-4-7-9-19-13-21-14(20-11-8-10-18-12(16)17)23-15(22-13)24(5-2)6-3/h4-11H2,1-3H3,(H4,16,17,18)(H2,19,20,21,22,23). The summed E-state index contributed by atoms with van der Waals surface area (Å²) >= 11 is 0. The molecule has 9 nitrogen and oxygen atoms in total. The van der Waals surface area contributed by atoms with Crippen LogP contribution in [0.4, 0.5) is 17.8 Å². The number of nitrogens with one attached hydrogen (secondary N) is 2. The summed E-state index contributed by atoms with van der Waals surface area (Å²) < 4.78 is 0. The fourth-order valence-corrected chi connectivity index (χ4v) is 2.04. The van der Waals surface area contributed by atoms with Crippen molar-refractivity contribution < 1.29 is 0 Å². The molecule has 0 aliphatic heterocycles. The van der Waals surface area contributed by atoms with E-state index in [1.165, 1.54) is 0 Å². The lowest BCUT2D eigenvalue weighted by molar-refractivity contribution is 0.795. The summed E-state index contributed by atoms with van der Waals surface area (Å²) in [5, 5.41) is 6.48. The van der Waals surface area contributed by atoms with Gasteiger partial charge in [0.2, 0.25) is 17.8 Å². The second-order valence-electron chi connectivity index (χ2n) is 5.32. The molecule has 0 unspecified atom stereocenters. The van der Waals surface area contributed by atoms with E-state index in [-0.39, 0.29) is 5.96 Å². The summed E-state index contributed by atoms with van der Waals surface area (Å²) in [5.74, 6) is 1.96. The summed E-state index contributed by atoms with van der Waals surface area (Å²) in [7, 11) is 0. The zero-order chi connectivity index (χ0) is 17.8. The monoisotopic (exact) mass is 337 g/mol. The van der Waals surface area contributed by atoms with E-state index in [2.05, 4.69) is 56.2 Å². The molecule has 0 aliphatic rings. The maximum Gasteiger partial charge on any atom is 0.231 e. The number of unbranched alkanes of at least 4 members (excludes halogenated alkanes) is 1. The van der Waals surface area contributed by atoms with Gasteiger partial charge in [-0.3, -0.25) is 4.99 Å². The molecule has 0 aromatic carbocycles. The predicted octanol–water partition coefficient (Wildman–Crippen LogP) is 1.01. The van der Waals surface area contributed by atoms with Crippen LogP contribution in [0.5, 0.6) is 0 Å². The average molecular weight is 337 g/mol. The van der Waals surface area contributed by atoms with Gasteiger partial charge in [-0.25, -0.2) is 0 Å². The highest BCUT2D eigenvalue weighted by Gasteiger charge is 2.10. The highest BCUT2D eigenvalue weighted by atomic mass is 15.3. The van der Waals surface area contributed by atoms with E-state index in [0.29, 0.717) is 30.9 Å². The predicted molar refractivity (Wildman–Crippen MR) is 101 cm³/mol. The molecule has 1 aromatic rings. The highest BCUT2D eigenvalue weighted by Crippen LogP contribution is 2.13. The van der Waals surface area contributed by atoms with Gasteiger partial charge in [-0.1, -0.05) is 13.3 Å². The van der Waals surface area contributed by atoms with E-state index < -0.39 is 0 Å². The van der Waals surface area contributed by atoms with Crippen molar-refractivity contribution in [1.29, 1.82) is 0 Å². The summed E-state index contributed by atoms with van der Waals surface area (Å²) in [6, 6.07) is 0. The number of aliphatic imine (C=N–C) groups is 1. The van der Waals surface area contributed by atoms with E-state index in [1.807, 2.05) is 0 Å². The van der Waals surface area contributed by atoms with Gasteiger partial charge in [-0.05, 0) is 26.7 Å². The first-order chi connectivity index (χ1) is 11.6. The number of nitrogens with two attached hydrogens (primary N) is 2. The van der Waals surface area contributed by atoms with Crippen LogP contribution in [0.3, 0.4) is 0 Å². The maximum absolute atomic E-state index is 5.31. The Kier molecular flexibility index (Phi) is 9.25. The van der Waals surface area contributed by atoms with Crippen LogP contribution in [0, 0.1) is 0 Å². The number of rotatable bonds is 12. The zero-order valence-corrected chi connectivity index (χ0v) is 15.0. The molecule has 0 spiro atoms. The third-order valence-corrected chi connectivity index (χ3v) is 3.40. The van der Waals surface area contributed by atoms with Gasteiger partial charge in [0.25, 0.3) is 0 Å². The van der Waals surface area contributed by atoms with Crippen molar-refractivity contribution in [3.63, 3.8) is 0 Å². The second kappa shape index (κ2) is 11.3. The molecule has 0 amide bonds. The van der Waals surface area contributed by atoms with Gasteiger partial charge in [0, 0.05) is 32.7 Å². The molecule has 1 heterocycles. The van der Waals surface area contributed by atoms with Crippen molar-refractivity contribution >= 4 is 23.8 Å². The van der Waals surface area contributed by atoms with E-state index in [9.17, 15) is 0 Å². The molecule has 0 aliphatic carbocycles. The van der Waals surface area contributed by atoms with Crippen molar-refractivity contribution in [3.8, 4) is 0 Å². The van der Waals surface area contributed by atoms with Crippen LogP contribution in [0.1, 0.15) is 40.0 Å². The van der Waals surface area contributed by atoms with Crippen LogP contribution in [-0.2, 0) is 0 Å². The minimum atomic E-state index is 0.112. The lowest BCUT2D eigenvalue weighted by Crippen LogP contribution is -2.25. The second-order valence-corrected chi connectivity index (χ2v) is 5.32. The Bertz CT molecular complexity index is 496. The third kappa shape index (κ3) is 7.30. The highest BCUT2D eigenvalue weighted by molar-refractivity contribution is 5.75. The van der Waals surface area contributed by atoms with Gasteiger partial charge in [-0.15, -0.1) is 0 Å². The molecule has 9 heteroatoms. The summed E-state index contributed by atoms with van der Waals surface area (Å²) in [5.41, 5.74) is 10.6. The fraction of sp³-hybridized carbons (Fsp3) is 0.733. The molecule has 0 atom stereocenters. The zero-order valence-electron chi connectivity index (χ0n) is 15.0. The maximum atomic E-state index is 5.31. The van der Waals surface area contributed by atoms with Gasteiger partial charge in [0.05, 0.1) is 0 Å². The normalized spacial score (nSPS) is 10.3. The molecule has 0 saturated heterocycles.